The van der Waals surface area contributed by atoms with Crippen molar-refractivity contribution in [2.75, 3.05) is 26.8 Å². The van der Waals surface area contributed by atoms with Crippen molar-refractivity contribution >= 4 is 11.9 Å². The Kier molecular flexibility index (Phi) is 5.14. The summed E-state index contributed by atoms with van der Waals surface area (Å²) in [5.41, 5.74) is 0. The minimum Gasteiger partial charge on any atom is -0.484 e. The van der Waals surface area contributed by atoms with Gasteiger partial charge in [0.1, 0.15) is 11.6 Å². The number of esters is 1. The summed E-state index contributed by atoms with van der Waals surface area (Å²) in [6.45, 7) is 0.772. The molecule has 0 spiro atoms. The lowest BCUT2D eigenvalue weighted by Crippen LogP contribution is -2.44. The summed E-state index contributed by atoms with van der Waals surface area (Å²) in [6.07, 6.45) is 1.48. The summed E-state index contributed by atoms with van der Waals surface area (Å²) >= 11 is 0. The first-order valence-corrected chi connectivity index (χ1v) is 6.84. The third-order valence-electron chi connectivity index (χ3n) is 3.47. The van der Waals surface area contributed by atoms with Crippen LogP contribution >= 0.6 is 0 Å². The van der Waals surface area contributed by atoms with Gasteiger partial charge in [-0.1, -0.05) is 6.07 Å². The molecule has 2 rings (SSSR count). The fourth-order valence-electron chi connectivity index (χ4n) is 2.36. The third-order valence-corrected chi connectivity index (χ3v) is 3.47. The van der Waals surface area contributed by atoms with E-state index in [1.807, 2.05) is 0 Å². The number of amides is 1. The van der Waals surface area contributed by atoms with Gasteiger partial charge in [0.05, 0.1) is 13.0 Å². The summed E-state index contributed by atoms with van der Waals surface area (Å²) in [5.74, 6) is -0.887. The van der Waals surface area contributed by atoms with Crippen LogP contribution in [0.5, 0.6) is 5.75 Å². The molecule has 1 saturated heterocycles. The Balaban J connectivity index is 1.86. The summed E-state index contributed by atoms with van der Waals surface area (Å²) < 4.78 is 23.0. The van der Waals surface area contributed by atoms with E-state index in [-0.39, 0.29) is 24.4 Å². The molecule has 1 aliphatic rings. The van der Waals surface area contributed by atoms with Crippen LogP contribution in [0.1, 0.15) is 12.8 Å². The fourth-order valence-corrected chi connectivity index (χ4v) is 2.36. The van der Waals surface area contributed by atoms with Crippen LogP contribution in [0.15, 0.2) is 24.3 Å². The molecule has 114 valence electrons. The first kappa shape index (κ1) is 15.3. The Morgan fingerprint density at radius 1 is 1.43 bits per heavy atom. The molecular weight excluding hydrogens is 277 g/mol. The summed E-state index contributed by atoms with van der Waals surface area (Å²) in [7, 11) is 1.34. The molecule has 0 radical (unpaired) electrons. The topological polar surface area (TPSA) is 55.8 Å². The van der Waals surface area contributed by atoms with Crippen molar-refractivity contribution < 1.29 is 23.5 Å². The monoisotopic (exact) mass is 295 g/mol. The molecule has 0 N–H and O–H groups in total. The lowest BCUT2D eigenvalue weighted by atomic mass is 9.98. The number of carbonyl (C=O) groups is 2. The number of nitrogens with zero attached hydrogens (tertiary/aromatic N) is 1. The maximum absolute atomic E-state index is 13.0. The van der Waals surface area contributed by atoms with Gasteiger partial charge in [-0.3, -0.25) is 9.59 Å². The van der Waals surface area contributed by atoms with Crippen LogP contribution in [0.25, 0.3) is 0 Å². The minimum absolute atomic E-state index is 0.169. The third kappa shape index (κ3) is 4.18. The molecule has 1 atom stereocenters. The molecule has 1 aliphatic heterocycles. The van der Waals surface area contributed by atoms with E-state index in [1.54, 1.807) is 11.0 Å². The number of halogens is 1. The first-order valence-electron chi connectivity index (χ1n) is 6.84. The van der Waals surface area contributed by atoms with Gasteiger partial charge < -0.3 is 14.4 Å². The Hall–Kier alpha value is -2.11. The van der Waals surface area contributed by atoms with E-state index in [1.165, 1.54) is 25.3 Å². The zero-order valence-corrected chi connectivity index (χ0v) is 11.9. The fraction of sp³-hybridized carbons (Fsp3) is 0.467. The molecule has 0 bridgehead atoms. The van der Waals surface area contributed by atoms with Gasteiger partial charge in [0.2, 0.25) is 0 Å². The van der Waals surface area contributed by atoms with Crippen molar-refractivity contribution in [3.63, 3.8) is 0 Å². The van der Waals surface area contributed by atoms with Gasteiger partial charge in [0.25, 0.3) is 5.91 Å². The van der Waals surface area contributed by atoms with Crippen LogP contribution in [0, 0.1) is 11.7 Å². The van der Waals surface area contributed by atoms with Crippen LogP contribution in [0.2, 0.25) is 0 Å². The number of piperidine rings is 1. The number of methoxy groups -OCH3 is 1. The van der Waals surface area contributed by atoms with Gasteiger partial charge in [-0.05, 0) is 25.0 Å². The van der Waals surface area contributed by atoms with E-state index in [2.05, 4.69) is 0 Å². The zero-order chi connectivity index (χ0) is 15.2. The van der Waals surface area contributed by atoms with Crippen molar-refractivity contribution in [1.82, 2.24) is 4.90 Å². The maximum Gasteiger partial charge on any atom is 0.310 e. The van der Waals surface area contributed by atoms with Crippen molar-refractivity contribution in [2.24, 2.45) is 5.92 Å². The highest BCUT2D eigenvalue weighted by Crippen LogP contribution is 2.18. The largest absolute Gasteiger partial charge is 0.484 e. The number of hydrogen-bond donors (Lipinski definition) is 0. The molecule has 1 aromatic carbocycles. The number of carbonyl (C=O) groups excluding carboxylic acids is 2. The molecule has 0 saturated carbocycles. The smallest absolute Gasteiger partial charge is 0.310 e. The van der Waals surface area contributed by atoms with Gasteiger partial charge in [0.15, 0.2) is 6.61 Å². The van der Waals surface area contributed by atoms with Crippen molar-refractivity contribution in [3.8, 4) is 5.75 Å². The summed E-state index contributed by atoms with van der Waals surface area (Å²) in [5, 5.41) is 0. The highest BCUT2D eigenvalue weighted by atomic mass is 19.1. The van der Waals surface area contributed by atoms with E-state index in [9.17, 15) is 14.0 Å². The molecule has 6 heteroatoms. The Morgan fingerprint density at radius 3 is 2.95 bits per heavy atom. The molecule has 1 heterocycles. The molecule has 1 amide bonds. The molecule has 5 nitrogen and oxygen atoms in total. The minimum atomic E-state index is -0.413. The molecule has 1 aromatic rings. The van der Waals surface area contributed by atoms with Gasteiger partial charge in [-0.2, -0.15) is 0 Å². The molecule has 21 heavy (non-hydrogen) atoms. The molecule has 1 fully saturated rings. The Labute approximate surface area is 122 Å². The highest BCUT2D eigenvalue weighted by molar-refractivity contribution is 5.79. The second kappa shape index (κ2) is 7.06. The summed E-state index contributed by atoms with van der Waals surface area (Å²) in [6, 6.07) is 5.63. The maximum atomic E-state index is 13.0. The lowest BCUT2D eigenvalue weighted by Gasteiger charge is -2.31. The average molecular weight is 295 g/mol. The van der Waals surface area contributed by atoms with E-state index >= 15 is 0 Å². The Bertz CT molecular complexity index is 520. The van der Waals surface area contributed by atoms with Gasteiger partial charge >= 0.3 is 5.97 Å². The van der Waals surface area contributed by atoms with Crippen LogP contribution in [0.4, 0.5) is 4.39 Å². The normalized spacial score (nSPS) is 18.2. The molecular formula is C15H18FNO4. The standard InChI is InChI=1S/C15H18FNO4/c1-20-15(19)11-4-3-7-17(9-11)14(18)10-21-13-6-2-5-12(16)8-13/h2,5-6,8,11H,3-4,7,9-10H2,1H3. The zero-order valence-electron chi connectivity index (χ0n) is 11.9. The second-order valence-electron chi connectivity index (χ2n) is 4.95. The van der Waals surface area contributed by atoms with Crippen molar-refractivity contribution in [1.29, 1.82) is 0 Å². The van der Waals surface area contributed by atoms with Crippen LogP contribution in [-0.4, -0.2) is 43.6 Å². The first-order chi connectivity index (χ1) is 10.1. The predicted octanol–water partition coefficient (Wildman–Crippen LogP) is 1.62. The number of ether oxygens (including phenoxy) is 2. The molecule has 0 aromatic heterocycles. The number of benzene rings is 1. The number of rotatable bonds is 4. The van der Waals surface area contributed by atoms with Gasteiger partial charge in [-0.15, -0.1) is 0 Å². The van der Waals surface area contributed by atoms with E-state index in [0.29, 0.717) is 18.8 Å². The van der Waals surface area contributed by atoms with Gasteiger partial charge in [-0.25, -0.2) is 4.39 Å². The highest BCUT2D eigenvalue weighted by Gasteiger charge is 2.29. The average Bonchev–Trinajstić information content (AvgIpc) is 2.52. The van der Waals surface area contributed by atoms with Crippen LogP contribution < -0.4 is 4.74 Å². The second-order valence-corrected chi connectivity index (χ2v) is 4.95. The van der Waals surface area contributed by atoms with Crippen molar-refractivity contribution in [3.05, 3.63) is 30.1 Å². The van der Waals surface area contributed by atoms with Crippen molar-refractivity contribution in [2.45, 2.75) is 12.8 Å². The van der Waals surface area contributed by atoms with E-state index < -0.39 is 5.82 Å². The van der Waals surface area contributed by atoms with Gasteiger partial charge in [0, 0.05) is 19.2 Å². The van der Waals surface area contributed by atoms with E-state index in [0.717, 1.165) is 12.8 Å². The SMILES string of the molecule is COC(=O)C1CCCN(C(=O)COc2cccc(F)c2)C1. The number of likely N-dealkylation sites (tertiary alicyclic amines) is 1. The van der Waals surface area contributed by atoms with Crippen LogP contribution in [0.3, 0.4) is 0 Å². The van der Waals surface area contributed by atoms with Crippen LogP contribution in [-0.2, 0) is 14.3 Å². The lowest BCUT2D eigenvalue weighted by molar-refractivity contribution is -0.149. The number of hydrogen-bond acceptors (Lipinski definition) is 4. The quantitative estimate of drug-likeness (QED) is 0.792. The summed E-state index contributed by atoms with van der Waals surface area (Å²) in [4.78, 5) is 25.2. The predicted molar refractivity (Wildman–Crippen MR) is 73.2 cm³/mol. The van der Waals surface area contributed by atoms with E-state index in [4.69, 9.17) is 9.47 Å². The molecule has 0 aliphatic carbocycles. The Morgan fingerprint density at radius 2 is 2.24 bits per heavy atom. The molecule has 1 unspecified atom stereocenters.